The lowest BCUT2D eigenvalue weighted by atomic mass is 10.5. The second-order valence-corrected chi connectivity index (χ2v) is 3.84. The van der Waals surface area contributed by atoms with Crippen molar-refractivity contribution in [2.45, 2.75) is 6.61 Å². The topological polar surface area (TPSA) is 18.5 Å². The fraction of sp³-hybridized carbons (Fsp3) is 0.556. The zero-order valence-electron chi connectivity index (χ0n) is 7.37. The van der Waals surface area contributed by atoms with Gasteiger partial charge in [0.2, 0.25) is 0 Å². The molecule has 1 aromatic heterocycles. The van der Waals surface area contributed by atoms with Gasteiger partial charge in [-0.25, -0.2) is 0 Å². The Morgan fingerprint density at radius 3 is 2.77 bits per heavy atom. The van der Waals surface area contributed by atoms with Gasteiger partial charge in [0.15, 0.2) is 0 Å². The molecule has 0 spiro atoms. The number of halogens is 1. The molecule has 1 rings (SSSR count). The zero-order valence-corrected chi connectivity index (χ0v) is 8.94. The number of hydrogen-bond acceptors (Lipinski definition) is 3. The van der Waals surface area contributed by atoms with E-state index in [-0.39, 0.29) is 0 Å². The fourth-order valence-electron chi connectivity index (χ4n) is 0.842. The van der Waals surface area contributed by atoms with Crippen molar-refractivity contribution in [1.29, 1.82) is 0 Å². The second kappa shape index (κ2) is 7.33. The first-order valence-corrected chi connectivity index (χ1v) is 5.58. The van der Waals surface area contributed by atoms with Crippen LogP contribution in [0.25, 0.3) is 0 Å². The lowest BCUT2D eigenvalue weighted by molar-refractivity contribution is 0.0469. The third kappa shape index (κ3) is 5.26. The molecular weight excluding hydrogens is 208 g/mol. The monoisotopic (exact) mass is 220 g/mol. The summed E-state index contributed by atoms with van der Waals surface area (Å²) in [5, 5.41) is 2.04. The molecule has 1 heterocycles. The first-order valence-electron chi connectivity index (χ1n) is 4.17. The van der Waals surface area contributed by atoms with Gasteiger partial charge >= 0.3 is 0 Å². The van der Waals surface area contributed by atoms with Gasteiger partial charge in [0.05, 0.1) is 26.4 Å². The molecule has 2 nitrogen and oxygen atoms in total. The van der Waals surface area contributed by atoms with Crippen LogP contribution < -0.4 is 0 Å². The molecule has 0 saturated carbocycles. The maximum Gasteiger partial charge on any atom is 0.0810 e. The van der Waals surface area contributed by atoms with Crippen LogP contribution in [0.4, 0.5) is 0 Å². The van der Waals surface area contributed by atoms with Crippen LogP contribution >= 0.6 is 22.9 Å². The van der Waals surface area contributed by atoms with Gasteiger partial charge in [0.25, 0.3) is 0 Å². The molecule has 1 aromatic rings. The zero-order chi connectivity index (χ0) is 9.36. The van der Waals surface area contributed by atoms with E-state index in [1.807, 2.05) is 11.4 Å². The van der Waals surface area contributed by atoms with E-state index in [1.165, 1.54) is 4.88 Å². The van der Waals surface area contributed by atoms with Crippen LogP contribution in [0, 0.1) is 0 Å². The minimum atomic E-state index is 0.547. The van der Waals surface area contributed by atoms with E-state index >= 15 is 0 Å². The molecule has 0 bridgehead atoms. The van der Waals surface area contributed by atoms with Crippen LogP contribution in [0.1, 0.15) is 4.88 Å². The van der Waals surface area contributed by atoms with Crippen LogP contribution in [0.2, 0.25) is 0 Å². The minimum absolute atomic E-state index is 0.547. The van der Waals surface area contributed by atoms with Crippen molar-refractivity contribution in [1.82, 2.24) is 0 Å². The van der Waals surface area contributed by atoms with Crippen LogP contribution in [-0.4, -0.2) is 25.7 Å². The summed E-state index contributed by atoms with van der Waals surface area (Å²) < 4.78 is 10.5. The van der Waals surface area contributed by atoms with Gasteiger partial charge in [0, 0.05) is 10.8 Å². The summed E-state index contributed by atoms with van der Waals surface area (Å²) in [5.41, 5.74) is 0. The predicted octanol–water partition coefficient (Wildman–Crippen LogP) is 2.52. The van der Waals surface area contributed by atoms with E-state index in [0.29, 0.717) is 32.3 Å². The molecule has 0 unspecified atom stereocenters. The lowest BCUT2D eigenvalue weighted by Gasteiger charge is -2.02. The van der Waals surface area contributed by atoms with Gasteiger partial charge in [-0.05, 0) is 11.4 Å². The van der Waals surface area contributed by atoms with Crippen LogP contribution in [0.5, 0.6) is 0 Å². The third-order valence-corrected chi connectivity index (χ3v) is 2.42. The highest BCUT2D eigenvalue weighted by Gasteiger charge is 1.93. The van der Waals surface area contributed by atoms with Crippen molar-refractivity contribution < 1.29 is 9.47 Å². The van der Waals surface area contributed by atoms with Crippen LogP contribution in [-0.2, 0) is 16.1 Å². The average Bonchev–Trinajstić information content (AvgIpc) is 2.63. The highest BCUT2D eigenvalue weighted by atomic mass is 35.5. The van der Waals surface area contributed by atoms with Gasteiger partial charge < -0.3 is 9.47 Å². The van der Waals surface area contributed by atoms with Gasteiger partial charge in [-0.1, -0.05) is 6.07 Å². The van der Waals surface area contributed by atoms with Crippen molar-refractivity contribution in [3.63, 3.8) is 0 Å². The minimum Gasteiger partial charge on any atom is -0.378 e. The average molecular weight is 221 g/mol. The molecule has 4 heteroatoms. The molecule has 0 aromatic carbocycles. The standard InChI is InChI=1S/C9H13ClO2S/c10-3-4-11-5-6-12-8-9-2-1-7-13-9/h1-2,7H,3-6,8H2. The third-order valence-electron chi connectivity index (χ3n) is 1.42. The molecular formula is C9H13ClO2S. The summed E-state index contributed by atoms with van der Waals surface area (Å²) in [5.74, 6) is 0.547. The Morgan fingerprint density at radius 1 is 1.23 bits per heavy atom. The SMILES string of the molecule is ClCCOCCOCc1cccs1. The molecule has 0 radical (unpaired) electrons. The molecule has 0 aliphatic carbocycles. The van der Waals surface area contributed by atoms with Crippen molar-refractivity contribution in [2.75, 3.05) is 25.7 Å². The molecule has 0 N–H and O–H groups in total. The highest BCUT2D eigenvalue weighted by Crippen LogP contribution is 2.09. The Hall–Kier alpha value is -0.0900. The van der Waals surface area contributed by atoms with E-state index in [9.17, 15) is 0 Å². The molecule has 0 aliphatic rings. The Morgan fingerprint density at radius 2 is 2.08 bits per heavy atom. The van der Waals surface area contributed by atoms with Crippen molar-refractivity contribution in [2.24, 2.45) is 0 Å². The van der Waals surface area contributed by atoms with E-state index in [0.717, 1.165) is 0 Å². The molecule has 0 saturated heterocycles. The van der Waals surface area contributed by atoms with E-state index < -0.39 is 0 Å². The molecule has 0 amide bonds. The summed E-state index contributed by atoms with van der Waals surface area (Å²) in [6.45, 7) is 2.54. The summed E-state index contributed by atoms with van der Waals surface area (Å²) in [6, 6.07) is 4.08. The van der Waals surface area contributed by atoms with Gasteiger partial charge in [-0.2, -0.15) is 0 Å². The Labute approximate surface area is 87.4 Å². The summed E-state index contributed by atoms with van der Waals surface area (Å²) in [7, 11) is 0. The Bertz CT molecular complexity index is 201. The smallest absolute Gasteiger partial charge is 0.0810 e. The fourth-order valence-corrected chi connectivity index (χ4v) is 1.59. The Balaban J connectivity index is 1.90. The number of alkyl halides is 1. The molecule has 74 valence electrons. The summed E-state index contributed by atoms with van der Waals surface area (Å²) >= 11 is 7.14. The molecule has 0 aliphatic heterocycles. The molecule has 13 heavy (non-hydrogen) atoms. The van der Waals surface area contributed by atoms with E-state index in [2.05, 4.69) is 6.07 Å². The highest BCUT2D eigenvalue weighted by molar-refractivity contribution is 7.09. The van der Waals surface area contributed by atoms with Gasteiger partial charge in [0.1, 0.15) is 0 Å². The maximum atomic E-state index is 5.43. The van der Waals surface area contributed by atoms with Crippen LogP contribution in [0.3, 0.4) is 0 Å². The summed E-state index contributed by atoms with van der Waals surface area (Å²) in [6.07, 6.45) is 0. The van der Waals surface area contributed by atoms with Gasteiger partial charge in [-0.15, -0.1) is 22.9 Å². The maximum absolute atomic E-state index is 5.43. The number of rotatable bonds is 7. The Kier molecular flexibility index (Phi) is 6.19. The predicted molar refractivity (Wildman–Crippen MR) is 55.5 cm³/mol. The quantitative estimate of drug-likeness (QED) is 0.519. The van der Waals surface area contributed by atoms with Gasteiger partial charge in [-0.3, -0.25) is 0 Å². The number of hydrogen-bond donors (Lipinski definition) is 0. The first-order chi connectivity index (χ1) is 6.43. The van der Waals surface area contributed by atoms with E-state index in [4.69, 9.17) is 21.1 Å². The molecule has 0 atom stereocenters. The van der Waals surface area contributed by atoms with Crippen molar-refractivity contribution >= 4 is 22.9 Å². The first kappa shape index (κ1) is 11.0. The van der Waals surface area contributed by atoms with E-state index in [1.54, 1.807) is 11.3 Å². The van der Waals surface area contributed by atoms with Crippen LogP contribution in [0.15, 0.2) is 17.5 Å². The van der Waals surface area contributed by atoms with Crippen molar-refractivity contribution in [3.8, 4) is 0 Å². The molecule has 0 fully saturated rings. The normalized spacial score (nSPS) is 10.5. The largest absolute Gasteiger partial charge is 0.378 e. The van der Waals surface area contributed by atoms with Crippen molar-refractivity contribution in [3.05, 3.63) is 22.4 Å². The lowest BCUT2D eigenvalue weighted by Crippen LogP contribution is -2.05. The number of thiophene rings is 1. The number of ether oxygens (including phenoxy) is 2. The second-order valence-electron chi connectivity index (χ2n) is 2.43. The summed E-state index contributed by atoms with van der Waals surface area (Å²) in [4.78, 5) is 1.25.